The van der Waals surface area contributed by atoms with Crippen molar-refractivity contribution in [2.24, 2.45) is 10.9 Å². The summed E-state index contributed by atoms with van der Waals surface area (Å²) >= 11 is 6.56. The molecule has 0 saturated heterocycles. The number of quaternary nitrogens is 1. The second kappa shape index (κ2) is 7.42. The summed E-state index contributed by atoms with van der Waals surface area (Å²) in [6.45, 7) is 4.51. The Labute approximate surface area is 146 Å². The van der Waals surface area contributed by atoms with E-state index in [1.54, 1.807) is 13.1 Å². The van der Waals surface area contributed by atoms with E-state index in [0.717, 1.165) is 15.6 Å². The number of thiocarbonyl (C=S) groups is 1. The molecule has 0 amide bonds. The minimum atomic E-state index is -0.248. The fraction of sp³-hybridized carbons (Fsp3) is 0.375. The van der Waals surface area contributed by atoms with Gasteiger partial charge in [0.2, 0.25) is 11.8 Å². The van der Waals surface area contributed by atoms with Gasteiger partial charge in [-0.25, -0.2) is 13.9 Å². The lowest BCUT2D eigenvalue weighted by molar-refractivity contribution is -0.783. The van der Waals surface area contributed by atoms with Crippen LogP contribution in [0.25, 0.3) is 0 Å². The van der Waals surface area contributed by atoms with Gasteiger partial charge in [-0.3, -0.25) is 0 Å². The topological polar surface area (TPSA) is 33.6 Å². The summed E-state index contributed by atoms with van der Waals surface area (Å²) in [6, 6.07) is 6.56. The first-order valence-electron chi connectivity index (χ1n) is 7.29. The summed E-state index contributed by atoms with van der Waals surface area (Å²) in [7, 11) is 3.72. The van der Waals surface area contributed by atoms with Crippen LogP contribution in [-0.4, -0.2) is 36.8 Å². The molecule has 1 atom stereocenters. The monoisotopic (exact) mass is 354 g/mol. The maximum absolute atomic E-state index is 13.5. The van der Waals surface area contributed by atoms with Crippen molar-refractivity contribution in [2.75, 3.05) is 20.8 Å². The molecular formula is C16H21FN3OS2+. The molecular weight excluding hydrogens is 333 g/mol. The molecule has 0 radical (unpaired) electrons. The summed E-state index contributed by atoms with van der Waals surface area (Å²) in [5, 5.41) is 4.15. The highest BCUT2D eigenvalue weighted by molar-refractivity contribution is 8.02. The second-order valence-electron chi connectivity index (χ2n) is 5.73. The van der Waals surface area contributed by atoms with Crippen LogP contribution in [0.1, 0.15) is 13.8 Å². The lowest BCUT2D eigenvalue weighted by Crippen LogP contribution is -2.42. The predicted octanol–water partition coefficient (Wildman–Crippen LogP) is 3.71. The molecule has 0 fully saturated rings. The van der Waals surface area contributed by atoms with E-state index in [1.165, 1.54) is 23.9 Å². The lowest BCUT2D eigenvalue weighted by atomic mass is 10.1. The van der Waals surface area contributed by atoms with Crippen molar-refractivity contribution in [3.63, 3.8) is 0 Å². The molecule has 0 aliphatic carbocycles. The summed E-state index contributed by atoms with van der Waals surface area (Å²) in [4.78, 5) is 5.40. The molecule has 2 rings (SSSR count). The number of ether oxygens (including phenoxy) is 1. The SMILES string of the molecule is CNC(=S)OC[N+]1(C)C=NC(C(C)C)=C1Sc1cccc(F)c1. The first-order chi connectivity index (χ1) is 10.9. The molecule has 1 aromatic rings. The zero-order valence-electron chi connectivity index (χ0n) is 13.7. The number of hydrogen-bond donors (Lipinski definition) is 1. The number of aliphatic imine (C=N–C) groups is 1. The van der Waals surface area contributed by atoms with Crippen LogP contribution in [0.15, 0.2) is 44.9 Å². The van der Waals surface area contributed by atoms with Crippen LogP contribution in [0.3, 0.4) is 0 Å². The van der Waals surface area contributed by atoms with Gasteiger partial charge in [-0.05, 0) is 42.2 Å². The zero-order chi connectivity index (χ0) is 17.0. The molecule has 1 aliphatic heterocycles. The van der Waals surface area contributed by atoms with Crippen LogP contribution in [0, 0.1) is 11.7 Å². The van der Waals surface area contributed by atoms with E-state index in [1.807, 2.05) is 19.5 Å². The quantitative estimate of drug-likeness (QED) is 0.646. The third-order valence-corrected chi connectivity index (χ3v) is 4.99. The van der Waals surface area contributed by atoms with Crippen LogP contribution in [0.4, 0.5) is 4.39 Å². The van der Waals surface area contributed by atoms with E-state index >= 15 is 0 Å². The number of nitrogens with zero attached hydrogens (tertiary/aromatic N) is 2. The van der Waals surface area contributed by atoms with E-state index in [9.17, 15) is 4.39 Å². The normalized spacial score (nSPS) is 20.3. The Balaban J connectivity index is 2.28. The molecule has 0 bridgehead atoms. The van der Waals surface area contributed by atoms with E-state index in [2.05, 4.69) is 24.2 Å². The number of benzene rings is 1. The first-order valence-corrected chi connectivity index (χ1v) is 8.51. The maximum Gasteiger partial charge on any atom is 0.260 e. The molecule has 0 spiro atoms. The molecule has 1 heterocycles. The van der Waals surface area contributed by atoms with Crippen LogP contribution in [0.5, 0.6) is 0 Å². The largest absolute Gasteiger partial charge is 0.419 e. The molecule has 1 unspecified atom stereocenters. The smallest absolute Gasteiger partial charge is 0.260 e. The van der Waals surface area contributed by atoms with Gasteiger partial charge in [0.15, 0.2) is 6.34 Å². The standard InChI is InChI=1S/C16H20FN3OS2/c1-11(2)14-15(23-13-7-5-6-12(17)8-13)20(4,9-19-14)10-21-16(22)18-3/h5-9,11H,10H2,1-4H3/p+1. The Kier molecular flexibility index (Phi) is 5.78. The average Bonchev–Trinajstić information content (AvgIpc) is 2.83. The molecule has 7 heteroatoms. The number of halogens is 1. The average molecular weight is 354 g/mol. The Hall–Kier alpha value is -1.44. The minimum absolute atomic E-state index is 0.248. The Bertz CT molecular complexity index is 660. The van der Waals surface area contributed by atoms with Gasteiger partial charge in [0.05, 0.1) is 7.05 Å². The van der Waals surface area contributed by atoms with Crippen LogP contribution >= 0.6 is 24.0 Å². The van der Waals surface area contributed by atoms with Gasteiger partial charge in [-0.2, -0.15) is 0 Å². The third kappa shape index (κ3) is 4.31. The highest BCUT2D eigenvalue weighted by Gasteiger charge is 2.37. The van der Waals surface area contributed by atoms with Crippen LogP contribution in [0.2, 0.25) is 0 Å². The Morgan fingerprint density at radius 1 is 1.48 bits per heavy atom. The number of thioether (sulfide) groups is 1. The Morgan fingerprint density at radius 2 is 2.22 bits per heavy atom. The van der Waals surface area contributed by atoms with Gasteiger partial charge < -0.3 is 10.1 Å². The van der Waals surface area contributed by atoms with Gasteiger partial charge in [-0.1, -0.05) is 19.9 Å². The maximum atomic E-state index is 13.5. The molecule has 1 N–H and O–H groups in total. The van der Waals surface area contributed by atoms with Gasteiger partial charge in [0.1, 0.15) is 11.5 Å². The minimum Gasteiger partial charge on any atom is -0.419 e. The van der Waals surface area contributed by atoms with E-state index < -0.39 is 0 Å². The van der Waals surface area contributed by atoms with Gasteiger partial charge in [0, 0.05) is 17.9 Å². The summed E-state index contributed by atoms with van der Waals surface area (Å²) in [6.07, 6.45) is 1.84. The summed E-state index contributed by atoms with van der Waals surface area (Å²) in [5.74, 6) is 0.0148. The van der Waals surface area contributed by atoms with Gasteiger partial charge in [-0.15, -0.1) is 0 Å². The first kappa shape index (κ1) is 17.9. The van der Waals surface area contributed by atoms with Crippen molar-refractivity contribution in [3.05, 3.63) is 40.8 Å². The van der Waals surface area contributed by atoms with Crippen LogP contribution < -0.4 is 5.32 Å². The van der Waals surface area contributed by atoms with Crippen molar-refractivity contribution < 1.29 is 13.6 Å². The van der Waals surface area contributed by atoms with Crippen molar-refractivity contribution in [3.8, 4) is 0 Å². The fourth-order valence-electron chi connectivity index (χ4n) is 2.11. The molecule has 23 heavy (non-hydrogen) atoms. The van der Waals surface area contributed by atoms with Crippen molar-refractivity contribution >= 4 is 35.5 Å². The highest BCUT2D eigenvalue weighted by Crippen LogP contribution is 2.40. The number of allylic oxidation sites excluding steroid dienone is 1. The molecule has 124 valence electrons. The number of hydrogen-bond acceptors (Lipinski definition) is 4. The third-order valence-electron chi connectivity index (χ3n) is 3.36. The number of nitrogens with one attached hydrogen (secondary N) is 1. The van der Waals surface area contributed by atoms with E-state index in [4.69, 9.17) is 17.0 Å². The predicted molar refractivity (Wildman–Crippen MR) is 96.4 cm³/mol. The summed E-state index contributed by atoms with van der Waals surface area (Å²) < 4.78 is 19.4. The fourth-order valence-corrected chi connectivity index (χ4v) is 3.41. The molecule has 1 aliphatic rings. The molecule has 0 saturated carbocycles. The van der Waals surface area contributed by atoms with Crippen molar-refractivity contribution in [2.45, 2.75) is 18.7 Å². The highest BCUT2D eigenvalue weighted by atomic mass is 32.2. The van der Waals surface area contributed by atoms with Crippen molar-refractivity contribution in [1.82, 2.24) is 5.32 Å². The van der Waals surface area contributed by atoms with E-state index in [0.29, 0.717) is 16.4 Å². The van der Waals surface area contributed by atoms with Crippen molar-refractivity contribution in [1.29, 1.82) is 0 Å². The number of rotatable bonds is 5. The molecule has 1 aromatic carbocycles. The van der Waals surface area contributed by atoms with Crippen LogP contribution in [-0.2, 0) is 4.74 Å². The second-order valence-corrected chi connectivity index (χ2v) is 7.16. The zero-order valence-corrected chi connectivity index (χ0v) is 15.3. The Morgan fingerprint density at radius 3 is 2.83 bits per heavy atom. The lowest BCUT2D eigenvalue weighted by Gasteiger charge is -2.27. The summed E-state index contributed by atoms with van der Waals surface area (Å²) in [5.41, 5.74) is 0.987. The van der Waals surface area contributed by atoms with Gasteiger partial charge >= 0.3 is 0 Å². The van der Waals surface area contributed by atoms with Gasteiger partial charge in [0.25, 0.3) is 5.17 Å². The molecule has 0 aromatic heterocycles. The van der Waals surface area contributed by atoms with E-state index in [-0.39, 0.29) is 11.7 Å². The molecule has 4 nitrogen and oxygen atoms in total.